The van der Waals surface area contributed by atoms with Crippen molar-refractivity contribution in [3.05, 3.63) is 52.1 Å². The fraction of sp³-hybridized carbons (Fsp3) is 0.471. The lowest BCUT2D eigenvalue weighted by Crippen LogP contribution is -2.39. The lowest BCUT2D eigenvalue weighted by atomic mass is 9.98. The summed E-state index contributed by atoms with van der Waals surface area (Å²) >= 11 is 0. The predicted molar refractivity (Wildman–Crippen MR) is 96.3 cm³/mol. The lowest BCUT2D eigenvalue weighted by molar-refractivity contribution is -0.385. The van der Waals surface area contributed by atoms with Gasteiger partial charge in [0.15, 0.2) is 0 Å². The van der Waals surface area contributed by atoms with Crippen molar-refractivity contribution in [2.75, 3.05) is 13.1 Å². The van der Waals surface area contributed by atoms with Crippen molar-refractivity contribution in [1.82, 2.24) is 13.9 Å². The third-order valence-corrected chi connectivity index (χ3v) is 6.99. The summed E-state index contributed by atoms with van der Waals surface area (Å²) in [7, 11) is -3.73. The third-order valence-electron chi connectivity index (χ3n) is 4.95. The van der Waals surface area contributed by atoms with Crippen LogP contribution in [0.1, 0.15) is 24.2 Å². The van der Waals surface area contributed by atoms with E-state index in [2.05, 4.69) is 9.55 Å². The number of nitro benzene ring substituents is 1. The number of nitrogens with zero attached hydrogens (tertiary/aromatic N) is 4. The molecule has 1 fully saturated rings. The van der Waals surface area contributed by atoms with Gasteiger partial charge in [-0.1, -0.05) is 6.07 Å². The first-order valence-electron chi connectivity index (χ1n) is 8.52. The van der Waals surface area contributed by atoms with Crippen LogP contribution in [0.25, 0.3) is 0 Å². The van der Waals surface area contributed by atoms with Crippen LogP contribution in [0.5, 0.6) is 0 Å². The van der Waals surface area contributed by atoms with Crippen LogP contribution in [0.4, 0.5) is 5.69 Å². The summed E-state index contributed by atoms with van der Waals surface area (Å²) in [6, 6.07) is 3.97. The summed E-state index contributed by atoms with van der Waals surface area (Å²) in [6.07, 6.45) is 5.21. The van der Waals surface area contributed by atoms with Crippen LogP contribution in [0.2, 0.25) is 0 Å². The molecule has 0 amide bonds. The number of nitro groups is 1. The van der Waals surface area contributed by atoms with Crippen molar-refractivity contribution in [3.63, 3.8) is 0 Å². The van der Waals surface area contributed by atoms with Gasteiger partial charge in [0, 0.05) is 44.2 Å². The summed E-state index contributed by atoms with van der Waals surface area (Å²) < 4.78 is 29.4. The van der Waals surface area contributed by atoms with Gasteiger partial charge in [-0.05, 0) is 38.2 Å². The molecule has 0 radical (unpaired) electrons. The number of sulfonamides is 1. The van der Waals surface area contributed by atoms with Crippen LogP contribution >= 0.6 is 0 Å². The summed E-state index contributed by atoms with van der Waals surface area (Å²) in [5, 5.41) is 11.0. The number of rotatable bonds is 5. The fourth-order valence-corrected chi connectivity index (χ4v) is 5.04. The topological polar surface area (TPSA) is 98.3 Å². The Kier molecular flexibility index (Phi) is 5.10. The number of aromatic nitrogens is 2. The van der Waals surface area contributed by atoms with Crippen LogP contribution in [0, 0.1) is 29.9 Å². The molecule has 1 aliphatic rings. The van der Waals surface area contributed by atoms with E-state index in [1.165, 1.54) is 16.4 Å². The third kappa shape index (κ3) is 3.63. The zero-order valence-corrected chi connectivity index (χ0v) is 15.6. The normalized spacial score (nSPS) is 16.7. The molecule has 0 spiro atoms. The molecular weight excluding hydrogens is 356 g/mol. The molecule has 0 unspecified atom stereocenters. The monoisotopic (exact) mass is 378 g/mol. The molecule has 2 heterocycles. The summed E-state index contributed by atoms with van der Waals surface area (Å²) in [4.78, 5) is 14.6. The van der Waals surface area contributed by atoms with Crippen LogP contribution in [-0.4, -0.2) is 40.3 Å². The molecule has 1 aliphatic heterocycles. The molecule has 26 heavy (non-hydrogen) atoms. The van der Waals surface area contributed by atoms with Gasteiger partial charge >= 0.3 is 0 Å². The van der Waals surface area contributed by atoms with E-state index in [-0.39, 0.29) is 10.6 Å². The smallest absolute Gasteiger partial charge is 0.270 e. The van der Waals surface area contributed by atoms with Gasteiger partial charge in [-0.25, -0.2) is 13.4 Å². The number of non-ortho nitro benzene ring substituents is 1. The van der Waals surface area contributed by atoms with E-state index >= 15 is 0 Å². The number of imidazole rings is 1. The predicted octanol–water partition coefficient (Wildman–Crippen LogP) is 2.51. The lowest BCUT2D eigenvalue weighted by Gasteiger charge is -2.31. The van der Waals surface area contributed by atoms with Gasteiger partial charge in [-0.15, -0.1) is 0 Å². The highest BCUT2D eigenvalue weighted by Gasteiger charge is 2.31. The van der Waals surface area contributed by atoms with E-state index in [1.807, 2.05) is 13.1 Å². The molecule has 1 saturated heterocycles. The Bertz CT molecular complexity index is 915. The Morgan fingerprint density at radius 2 is 1.96 bits per heavy atom. The standard InChI is InChI=1S/C17H22N4O4S/c1-13-3-4-16(21(22)23)11-17(13)26(24,25)20-8-5-15(6-9-20)12-19-10-7-18-14(19)2/h3-4,7,10-11,15H,5-6,8-9,12H2,1-2H3. The maximum atomic E-state index is 12.9. The molecule has 0 aliphatic carbocycles. The van der Waals surface area contributed by atoms with Crippen LogP contribution in [0.3, 0.4) is 0 Å². The SMILES string of the molecule is Cc1ccc([N+](=O)[O-])cc1S(=O)(=O)N1CCC(Cn2ccnc2C)CC1. The second-order valence-corrected chi connectivity index (χ2v) is 8.59. The van der Waals surface area contributed by atoms with Gasteiger partial charge in [-0.2, -0.15) is 4.31 Å². The van der Waals surface area contributed by atoms with Gasteiger partial charge in [0.25, 0.3) is 5.69 Å². The molecule has 140 valence electrons. The summed E-state index contributed by atoms with van der Waals surface area (Å²) in [5.41, 5.74) is 0.311. The first-order valence-corrected chi connectivity index (χ1v) is 9.96. The minimum Gasteiger partial charge on any atom is -0.335 e. The van der Waals surface area contributed by atoms with Crippen molar-refractivity contribution in [1.29, 1.82) is 0 Å². The summed E-state index contributed by atoms with van der Waals surface area (Å²) in [6.45, 7) is 5.27. The Morgan fingerprint density at radius 3 is 2.54 bits per heavy atom. The van der Waals surface area contributed by atoms with Crippen molar-refractivity contribution >= 4 is 15.7 Å². The molecule has 1 aromatic carbocycles. The van der Waals surface area contributed by atoms with E-state index in [0.717, 1.165) is 31.3 Å². The van der Waals surface area contributed by atoms with Crippen molar-refractivity contribution in [2.24, 2.45) is 5.92 Å². The number of aryl methyl sites for hydroxylation is 2. The zero-order valence-electron chi connectivity index (χ0n) is 14.8. The van der Waals surface area contributed by atoms with Crippen molar-refractivity contribution in [3.8, 4) is 0 Å². The molecule has 8 nitrogen and oxygen atoms in total. The minimum absolute atomic E-state index is 0.0237. The van der Waals surface area contributed by atoms with E-state index in [4.69, 9.17) is 0 Å². The molecule has 0 bridgehead atoms. The molecule has 0 saturated carbocycles. The first kappa shape index (κ1) is 18.5. The van der Waals surface area contributed by atoms with Crippen LogP contribution < -0.4 is 0 Å². The van der Waals surface area contributed by atoms with Gasteiger partial charge < -0.3 is 4.57 Å². The molecule has 9 heteroatoms. The quantitative estimate of drug-likeness (QED) is 0.588. The first-order chi connectivity index (χ1) is 12.3. The van der Waals surface area contributed by atoms with Crippen molar-refractivity contribution < 1.29 is 13.3 Å². The maximum absolute atomic E-state index is 12.9. The number of hydrogen-bond acceptors (Lipinski definition) is 5. The van der Waals surface area contributed by atoms with Crippen LogP contribution in [0.15, 0.2) is 35.5 Å². The Balaban J connectivity index is 1.73. The number of piperidine rings is 1. The molecule has 1 aromatic heterocycles. The van der Waals surface area contributed by atoms with E-state index in [0.29, 0.717) is 24.6 Å². The zero-order chi connectivity index (χ0) is 18.9. The average Bonchev–Trinajstić information content (AvgIpc) is 3.00. The van der Waals surface area contributed by atoms with E-state index < -0.39 is 14.9 Å². The Labute approximate surface area is 152 Å². The molecule has 2 aromatic rings. The second kappa shape index (κ2) is 7.16. The van der Waals surface area contributed by atoms with Gasteiger partial charge in [0.2, 0.25) is 10.0 Å². The Hall–Kier alpha value is -2.26. The van der Waals surface area contributed by atoms with Crippen molar-refractivity contribution in [2.45, 2.75) is 38.1 Å². The highest BCUT2D eigenvalue weighted by atomic mass is 32.2. The van der Waals surface area contributed by atoms with E-state index in [9.17, 15) is 18.5 Å². The van der Waals surface area contributed by atoms with E-state index in [1.54, 1.807) is 13.1 Å². The minimum atomic E-state index is -3.73. The highest BCUT2D eigenvalue weighted by Crippen LogP contribution is 2.28. The average molecular weight is 378 g/mol. The largest absolute Gasteiger partial charge is 0.335 e. The van der Waals surface area contributed by atoms with Gasteiger partial charge in [0.05, 0.1) is 9.82 Å². The number of benzene rings is 1. The number of hydrogen-bond donors (Lipinski definition) is 0. The fourth-order valence-electron chi connectivity index (χ4n) is 3.33. The van der Waals surface area contributed by atoms with Gasteiger partial charge in [-0.3, -0.25) is 10.1 Å². The molecule has 0 N–H and O–H groups in total. The van der Waals surface area contributed by atoms with Crippen LogP contribution in [-0.2, 0) is 16.6 Å². The molecule has 0 atom stereocenters. The summed E-state index contributed by atoms with van der Waals surface area (Å²) in [5.74, 6) is 1.34. The maximum Gasteiger partial charge on any atom is 0.270 e. The molecular formula is C17H22N4O4S. The van der Waals surface area contributed by atoms with Gasteiger partial charge in [0.1, 0.15) is 5.82 Å². The Morgan fingerprint density at radius 1 is 1.27 bits per heavy atom. The molecule has 3 rings (SSSR count). The highest BCUT2D eigenvalue weighted by molar-refractivity contribution is 7.89. The second-order valence-electron chi connectivity index (χ2n) is 6.68.